The molecule has 206 valence electrons. The third kappa shape index (κ3) is 7.71. The van der Waals surface area contributed by atoms with E-state index in [9.17, 15) is 0 Å². The average molecular weight is 521 g/mol. The molecule has 2 rings (SSSR count). The van der Waals surface area contributed by atoms with Crippen molar-refractivity contribution in [3.63, 3.8) is 0 Å². The highest BCUT2D eigenvalue weighted by atomic mass is 15.3. The Morgan fingerprint density at radius 2 is 0.921 bits per heavy atom. The van der Waals surface area contributed by atoms with E-state index in [1.54, 1.807) is 9.80 Å². The summed E-state index contributed by atoms with van der Waals surface area (Å²) in [5, 5.41) is 37.5. The van der Waals surface area contributed by atoms with Crippen LogP contribution in [0.3, 0.4) is 0 Å². The number of rotatable bonds is 9. The Morgan fingerprint density at radius 1 is 0.632 bits per heavy atom. The second-order valence-corrected chi connectivity index (χ2v) is 10.6. The van der Waals surface area contributed by atoms with Crippen molar-refractivity contribution < 1.29 is 0 Å². The lowest BCUT2D eigenvalue weighted by Gasteiger charge is -2.32. The van der Waals surface area contributed by atoms with Gasteiger partial charge in [-0.15, -0.1) is 0 Å². The number of nitrogens with two attached hydrogens (primary N) is 2. The molecule has 0 aliphatic heterocycles. The zero-order valence-electron chi connectivity index (χ0n) is 23.5. The van der Waals surface area contributed by atoms with Gasteiger partial charge in [0.05, 0.1) is 0 Å². The molecule has 0 saturated heterocycles. The van der Waals surface area contributed by atoms with Gasteiger partial charge in [-0.2, -0.15) is 0 Å². The SMILES string of the molecule is CCC(C)(C)c1ccc(N(CCN(C(=N)NC(=N)N)c2ccc(C(C)(C)CC)cc2)C(=N)NC(=N)N)cc1. The molecule has 0 atom stereocenters. The van der Waals surface area contributed by atoms with E-state index in [0.717, 1.165) is 24.2 Å². The molecule has 10 N–H and O–H groups in total. The first-order valence-corrected chi connectivity index (χ1v) is 12.9. The van der Waals surface area contributed by atoms with Crippen molar-refractivity contribution in [3.05, 3.63) is 59.7 Å². The summed E-state index contributed by atoms with van der Waals surface area (Å²) in [6.45, 7) is 13.7. The van der Waals surface area contributed by atoms with Gasteiger partial charge < -0.3 is 21.3 Å². The fourth-order valence-electron chi connectivity index (χ4n) is 3.92. The number of nitrogens with one attached hydrogen (secondary N) is 6. The molecule has 2 aromatic rings. The lowest BCUT2D eigenvalue weighted by atomic mass is 9.82. The van der Waals surface area contributed by atoms with Gasteiger partial charge in [-0.3, -0.25) is 32.3 Å². The molecule has 0 amide bonds. The van der Waals surface area contributed by atoms with Gasteiger partial charge in [-0.1, -0.05) is 65.8 Å². The van der Waals surface area contributed by atoms with E-state index >= 15 is 0 Å². The van der Waals surface area contributed by atoms with E-state index in [-0.39, 0.29) is 34.7 Å². The summed E-state index contributed by atoms with van der Waals surface area (Å²) in [5.74, 6) is -0.765. The largest absolute Gasteiger partial charge is 0.370 e. The van der Waals surface area contributed by atoms with Crippen molar-refractivity contribution in [3.8, 4) is 0 Å². The van der Waals surface area contributed by atoms with Crippen LogP contribution in [-0.4, -0.2) is 36.9 Å². The van der Waals surface area contributed by atoms with Crippen molar-refractivity contribution in [2.45, 2.75) is 65.2 Å². The van der Waals surface area contributed by atoms with Gasteiger partial charge in [0.25, 0.3) is 0 Å². The lowest BCUT2D eigenvalue weighted by Crippen LogP contribution is -2.51. The topological polar surface area (TPSA) is 178 Å². The van der Waals surface area contributed by atoms with Crippen LogP contribution in [0.4, 0.5) is 11.4 Å². The number of guanidine groups is 4. The molecular formula is C28H44N10. The molecule has 0 bridgehead atoms. The van der Waals surface area contributed by atoms with Crippen LogP contribution in [0.5, 0.6) is 0 Å². The monoisotopic (exact) mass is 520 g/mol. The fourth-order valence-corrected chi connectivity index (χ4v) is 3.92. The first kappa shape index (κ1) is 30.1. The van der Waals surface area contributed by atoms with Crippen LogP contribution in [0.15, 0.2) is 48.5 Å². The molecule has 0 aliphatic rings. The third-order valence-corrected chi connectivity index (χ3v) is 7.28. The maximum atomic E-state index is 8.57. The normalized spacial score (nSPS) is 11.4. The van der Waals surface area contributed by atoms with E-state index < -0.39 is 0 Å². The number of anilines is 2. The first-order chi connectivity index (χ1) is 17.7. The maximum Gasteiger partial charge on any atom is 0.202 e. The van der Waals surface area contributed by atoms with E-state index in [1.165, 1.54) is 11.1 Å². The first-order valence-electron chi connectivity index (χ1n) is 12.9. The van der Waals surface area contributed by atoms with Crippen LogP contribution < -0.4 is 31.9 Å². The van der Waals surface area contributed by atoms with Crippen molar-refractivity contribution in [1.29, 1.82) is 21.6 Å². The van der Waals surface area contributed by atoms with Crippen molar-refractivity contribution in [2.75, 3.05) is 22.9 Å². The molecular weight excluding hydrogens is 476 g/mol. The summed E-state index contributed by atoms with van der Waals surface area (Å²) in [6, 6.07) is 16.0. The Balaban J connectivity index is 2.40. The van der Waals surface area contributed by atoms with Crippen LogP contribution in [0.1, 0.15) is 65.5 Å². The molecule has 0 unspecified atom stereocenters. The highest BCUT2D eigenvalue weighted by Crippen LogP contribution is 2.30. The predicted molar refractivity (Wildman–Crippen MR) is 160 cm³/mol. The van der Waals surface area contributed by atoms with E-state index in [4.69, 9.17) is 33.1 Å². The minimum absolute atomic E-state index is 0.0250. The quantitative estimate of drug-likeness (QED) is 0.181. The van der Waals surface area contributed by atoms with Crippen molar-refractivity contribution in [1.82, 2.24) is 10.6 Å². The summed E-state index contributed by atoms with van der Waals surface area (Å²) < 4.78 is 0. The molecule has 0 saturated carbocycles. The minimum Gasteiger partial charge on any atom is -0.370 e. The lowest BCUT2D eigenvalue weighted by molar-refractivity contribution is 0.506. The summed E-state index contributed by atoms with van der Waals surface area (Å²) >= 11 is 0. The highest BCUT2D eigenvalue weighted by Gasteiger charge is 2.22. The molecule has 0 aromatic heterocycles. The van der Waals surface area contributed by atoms with Gasteiger partial charge in [0.1, 0.15) is 0 Å². The van der Waals surface area contributed by atoms with E-state index in [1.807, 2.05) is 24.3 Å². The summed E-state index contributed by atoms with van der Waals surface area (Å²) in [6.07, 6.45) is 1.98. The van der Waals surface area contributed by atoms with Gasteiger partial charge in [-0.25, -0.2) is 0 Å². The van der Waals surface area contributed by atoms with Gasteiger partial charge >= 0.3 is 0 Å². The molecule has 38 heavy (non-hydrogen) atoms. The summed E-state index contributed by atoms with van der Waals surface area (Å²) in [4.78, 5) is 3.40. The smallest absolute Gasteiger partial charge is 0.202 e. The number of hydrogen-bond donors (Lipinski definition) is 8. The van der Waals surface area contributed by atoms with Gasteiger partial charge in [-0.05, 0) is 59.1 Å². The van der Waals surface area contributed by atoms with Crippen LogP contribution in [0, 0.1) is 21.6 Å². The molecule has 0 fully saturated rings. The van der Waals surface area contributed by atoms with Crippen molar-refractivity contribution >= 4 is 35.2 Å². The summed E-state index contributed by atoms with van der Waals surface area (Å²) in [5.41, 5.74) is 15.0. The van der Waals surface area contributed by atoms with Crippen LogP contribution in [0.2, 0.25) is 0 Å². The molecule has 0 spiro atoms. The molecule has 0 aliphatic carbocycles. The maximum absolute atomic E-state index is 8.57. The second kappa shape index (κ2) is 12.4. The minimum atomic E-state index is -0.333. The Hall–Kier alpha value is -4.08. The Bertz CT molecular complexity index is 1040. The van der Waals surface area contributed by atoms with E-state index in [0.29, 0.717) is 13.1 Å². The third-order valence-electron chi connectivity index (χ3n) is 7.28. The van der Waals surface area contributed by atoms with Gasteiger partial charge in [0, 0.05) is 24.5 Å². The predicted octanol–water partition coefficient (Wildman–Crippen LogP) is 4.21. The zero-order valence-corrected chi connectivity index (χ0v) is 23.5. The Morgan fingerprint density at radius 3 is 1.16 bits per heavy atom. The average Bonchev–Trinajstić information content (AvgIpc) is 2.86. The zero-order chi connectivity index (χ0) is 28.7. The number of hydrogen-bond acceptors (Lipinski definition) is 4. The second-order valence-electron chi connectivity index (χ2n) is 10.6. The molecule has 10 nitrogen and oxygen atoms in total. The van der Waals surface area contributed by atoms with Gasteiger partial charge in [0.2, 0.25) is 11.9 Å². The van der Waals surface area contributed by atoms with Gasteiger partial charge in [0.15, 0.2) is 11.9 Å². The number of nitrogens with zero attached hydrogens (tertiary/aromatic N) is 2. The van der Waals surface area contributed by atoms with Crippen LogP contribution >= 0.6 is 0 Å². The molecule has 0 radical (unpaired) electrons. The molecule has 0 heterocycles. The standard InChI is InChI=1S/C28H44N10/c1-7-27(3,4)19-9-13-21(14-10-19)37(25(33)35-23(29)30)17-18-38(26(34)36-24(31)32)22-15-11-20(12-16-22)28(5,6)8-2/h9-16H,7-8,17-18H2,1-6H3,(H5,29,30,33,35)(H5,31,32,34,36). The fraction of sp³-hybridized carbons (Fsp3) is 0.429. The highest BCUT2D eigenvalue weighted by molar-refractivity contribution is 6.05. The molecule has 10 heteroatoms. The van der Waals surface area contributed by atoms with Crippen LogP contribution in [0.25, 0.3) is 0 Å². The van der Waals surface area contributed by atoms with Crippen LogP contribution in [-0.2, 0) is 10.8 Å². The number of benzene rings is 2. The van der Waals surface area contributed by atoms with E-state index in [2.05, 4.69) is 76.4 Å². The molecule has 2 aromatic carbocycles. The van der Waals surface area contributed by atoms with Crippen molar-refractivity contribution in [2.24, 2.45) is 11.5 Å². The summed E-state index contributed by atoms with van der Waals surface area (Å²) in [7, 11) is 0. The Labute approximate surface area is 226 Å². The Kier molecular flexibility index (Phi) is 9.87.